The number of hydrogen-bond acceptors (Lipinski definition) is 4. The summed E-state index contributed by atoms with van der Waals surface area (Å²) in [5.41, 5.74) is 1.40. The van der Waals surface area contributed by atoms with E-state index < -0.39 is 0 Å². The van der Waals surface area contributed by atoms with Crippen LogP contribution in [0.1, 0.15) is 43.9 Å². The van der Waals surface area contributed by atoms with Crippen molar-refractivity contribution >= 4 is 17.7 Å². The van der Waals surface area contributed by atoms with Crippen LogP contribution >= 0.6 is 0 Å². The zero-order chi connectivity index (χ0) is 18.5. The van der Waals surface area contributed by atoms with Crippen LogP contribution in [0.2, 0.25) is 0 Å². The van der Waals surface area contributed by atoms with Crippen LogP contribution in [-0.2, 0) is 0 Å². The molecule has 26 heavy (non-hydrogen) atoms. The number of unbranched alkanes of at least 4 members (excludes halogenated alkanes) is 1. The van der Waals surface area contributed by atoms with Gasteiger partial charge in [0.25, 0.3) is 17.7 Å². The molecule has 0 radical (unpaired) electrons. The third kappa shape index (κ3) is 3.44. The van der Waals surface area contributed by atoms with Gasteiger partial charge in [0.2, 0.25) is 0 Å². The molecule has 2 aromatic carbocycles. The molecule has 3 rings (SSSR count). The smallest absolute Gasteiger partial charge is 0.261 e. The Morgan fingerprint density at radius 1 is 0.962 bits per heavy atom. The van der Waals surface area contributed by atoms with Crippen LogP contribution < -0.4 is 10.1 Å². The maximum atomic E-state index is 12.3. The number of carbonyl (C=O) groups excluding carboxylic acids is 3. The van der Waals surface area contributed by atoms with E-state index in [9.17, 15) is 14.4 Å². The Balaban J connectivity index is 1.46. The van der Waals surface area contributed by atoms with E-state index in [1.165, 1.54) is 12.0 Å². The van der Waals surface area contributed by atoms with Crippen molar-refractivity contribution in [2.45, 2.75) is 12.8 Å². The average Bonchev–Trinajstić information content (AvgIpc) is 2.92. The fraction of sp³-hybridized carbons (Fsp3) is 0.250. The minimum atomic E-state index is -0.247. The molecule has 0 saturated carbocycles. The number of benzene rings is 2. The lowest BCUT2D eigenvalue weighted by molar-refractivity contribution is 0.0650. The predicted octanol–water partition coefficient (Wildman–Crippen LogP) is 2.50. The summed E-state index contributed by atoms with van der Waals surface area (Å²) >= 11 is 0. The van der Waals surface area contributed by atoms with Crippen LogP contribution in [0, 0.1) is 0 Å². The molecule has 2 aromatic rings. The Morgan fingerprint density at radius 3 is 2.23 bits per heavy atom. The fourth-order valence-corrected chi connectivity index (χ4v) is 2.97. The maximum absolute atomic E-state index is 12.3. The maximum Gasteiger partial charge on any atom is 0.261 e. The SMILES string of the molecule is COc1ccccc1C(=O)NCCCCN1C(=O)c2ccccc2C1=O. The van der Waals surface area contributed by atoms with Crippen LogP contribution in [0.4, 0.5) is 0 Å². The molecule has 0 unspecified atom stereocenters. The normalized spacial score (nSPS) is 12.9. The number of methoxy groups -OCH3 is 1. The number of carbonyl (C=O) groups is 3. The number of amides is 3. The number of hydrogen-bond donors (Lipinski definition) is 1. The van der Waals surface area contributed by atoms with Crippen LogP contribution in [0.25, 0.3) is 0 Å². The van der Waals surface area contributed by atoms with E-state index in [4.69, 9.17) is 4.74 Å². The highest BCUT2D eigenvalue weighted by Crippen LogP contribution is 2.22. The van der Waals surface area contributed by atoms with Gasteiger partial charge in [-0.25, -0.2) is 0 Å². The van der Waals surface area contributed by atoms with Gasteiger partial charge in [0, 0.05) is 13.1 Å². The third-order valence-electron chi connectivity index (χ3n) is 4.32. The average molecular weight is 352 g/mol. The molecular formula is C20H20N2O4. The molecular weight excluding hydrogens is 332 g/mol. The summed E-state index contributed by atoms with van der Waals surface area (Å²) in [6.45, 7) is 0.803. The molecule has 6 nitrogen and oxygen atoms in total. The molecule has 0 fully saturated rings. The lowest BCUT2D eigenvalue weighted by Gasteiger charge is -2.14. The topological polar surface area (TPSA) is 75.7 Å². The van der Waals surface area contributed by atoms with Gasteiger partial charge in [-0.1, -0.05) is 24.3 Å². The lowest BCUT2D eigenvalue weighted by atomic mass is 10.1. The number of rotatable bonds is 7. The molecule has 0 atom stereocenters. The van der Waals surface area contributed by atoms with Crippen LogP contribution in [-0.4, -0.2) is 42.8 Å². The zero-order valence-electron chi connectivity index (χ0n) is 14.5. The standard InChI is InChI=1S/C20H20N2O4/c1-26-17-11-5-4-10-16(17)18(23)21-12-6-7-13-22-19(24)14-8-2-3-9-15(14)20(22)25/h2-5,8-11H,6-7,12-13H2,1H3,(H,21,23). The van der Waals surface area contributed by atoms with Crippen molar-refractivity contribution in [1.29, 1.82) is 0 Å². The molecule has 0 bridgehead atoms. The van der Waals surface area contributed by atoms with Crippen molar-refractivity contribution in [3.05, 3.63) is 65.2 Å². The molecule has 3 amide bonds. The quantitative estimate of drug-likeness (QED) is 0.614. The summed E-state index contributed by atoms with van der Waals surface area (Å²) in [7, 11) is 1.52. The van der Waals surface area contributed by atoms with Crippen molar-refractivity contribution in [3.63, 3.8) is 0 Å². The second kappa shape index (κ2) is 7.82. The third-order valence-corrected chi connectivity index (χ3v) is 4.32. The van der Waals surface area contributed by atoms with Gasteiger partial charge in [0.15, 0.2) is 0 Å². The molecule has 1 aliphatic rings. The van der Waals surface area contributed by atoms with E-state index in [0.717, 1.165) is 0 Å². The summed E-state index contributed by atoms with van der Waals surface area (Å²) in [5.74, 6) is -0.175. The Morgan fingerprint density at radius 2 is 1.58 bits per heavy atom. The number of ether oxygens (including phenoxy) is 1. The van der Waals surface area contributed by atoms with E-state index in [-0.39, 0.29) is 17.7 Å². The van der Waals surface area contributed by atoms with Crippen molar-refractivity contribution in [2.75, 3.05) is 20.2 Å². The highest BCUT2D eigenvalue weighted by molar-refractivity contribution is 6.21. The summed E-state index contributed by atoms with van der Waals surface area (Å²) < 4.78 is 5.17. The van der Waals surface area contributed by atoms with Gasteiger partial charge in [0.1, 0.15) is 5.75 Å². The first kappa shape index (κ1) is 17.7. The number of fused-ring (bicyclic) bond motifs is 1. The van der Waals surface area contributed by atoms with Crippen LogP contribution in [0.15, 0.2) is 48.5 Å². The van der Waals surface area contributed by atoms with Gasteiger partial charge in [0.05, 0.1) is 23.8 Å². The van der Waals surface area contributed by atoms with Crippen molar-refractivity contribution in [2.24, 2.45) is 0 Å². The highest BCUT2D eigenvalue weighted by atomic mass is 16.5. The van der Waals surface area contributed by atoms with Gasteiger partial charge >= 0.3 is 0 Å². The molecule has 134 valence electrons. The van der Waals surface area contributed by atoms with Gasteiger partial charge in [-0.3, -0.25) is 19.3 Å². The Labute approximate surface area is 151 Å². The van der Waals surface area contributed by atoms with E-state index in [0.29, 0.717) is 48.4 Å². The predicted molar refractivity (Wildman–Crippen MR) is 96.4 cm³/mol. The van der Waals surface area contributed by atoms with Gasteiger partial charge in [-0.15, -0.1) is 0 Å². The Hall–Kier alpha value is -3.15. The largest absolute Gasteiger partial charge is 0.496 e. The Kier molecular flexibility index (Phi) is 5.31. The van der Waals surface area contributed by atoms with E-state index in [2.05, 4.69) is 5.32 Å². The number of nitrogens with one attached hydrogen (secondary N) is 1. The molecule has 0 aromatic heterocycles. The van der Waals surface area contributed by atoms with Crippen LogP contribution in [0.3, 0.4) is 0 Å². The fourth-order valence-electron chi connectivity index (χ4n) is 2.97. The van der Waals surface area contributed by atoms with E-state index in [1.54, 1.807) is 48.5 Å². The lowest BCUT2D eigenvalue weighted by Crippen LogP contribution is -2.31. The zero-order valence-corrected chi connectivity index (χ0v) is 14.5. The summed E-state index contributed by atoms with van der Waals surface area (Å²) in [6.07, 6.45) is 1.28. The summed E-state index contributed by atoms with van der Waals surface area (Å²) in [6, 6.07) is 13.9. The molecule has 1 aliphatic heterocycles. The summed E-state index contributed by atoms with van der Waals surface area (Å²) in [4.78, 5) is 38.0. The molecule has 6 heteroatoms. The van der Waals surface area contributed by atoms with E-state index >= 15 is 0 Å². The van der Waals surface area contributed by atoms with Gasteiger partial charge in [-0.2, -0.15) is 0 Å². The first-order chi connectivity index (χ1) is 12.6. The first-order valence-corrected chi connectivity index (χ1v) is 8.50. The van der Waals surface area contributed by atoms with Crippen molar-refractivity contribution in [3.8, 4) is 5.75 Å². The Bertz CT molecular complexity index is 812. The second-order valence-corrected chi connectivity index (χ2v) is 5.97. The molecule has 0 saturated heterocycles. The van der Waals surface area contributed by atoms with E-state index in [1.807, 2.05) is 0 Å². The van der Waals surface area contributed by atoms with Crippen molar-refractivity contribution < 1.29 is 19.1 Å². The molecule has 0 spiro atoms. The second-order valence-electron chi connectivity index (χ2n) is 5.97. The minimum absolute atomic E-state index is 0.205. The molecule has 0 aliphatic carbocycles. The minimum Gasteiger partial charge on any atom is -0.496 e. The number of nitrogens with zero attached hydrogens (tertiary/aromatic N) is 1. The monoisotopic (exact) mass is 352 g/mol. The van der Waals surface area contributed by atoms with Gasteiger partial charge < -0.3 is 10.1 Å². The summed E-state index contributed by atoms with van der Waals surface area (Å²) in [5, 5.41) is 2.83. The molecule has 1 N–H and O–H groups in total. The van der Waals surface area contributed by atoms with Gasteiger partial charge in [-0.05, 0) is 37.1 Å². The number of para-hydroxylation sites is 1. The first-order valence-electron chi connectivity index (χ1n) is 8.50. The number of imide groups is 1. The van der Waals surface area contributed by atoms with Crippen LogP contribution in [0.5, 0.6) is 5.75 Å². The van der Waals surface area contributed by atoms with Crippen molar-refractivity contribution in [1.82, 2.24) is 10.2 Å². The molecule has 1 heterocycles. The highest BCUT2D eigenvalue weighted by Gasteiger charge is 2.34.